The second-order valence-electron chi connectivity index (χ2n) is 5.77. The van der Waals surface area contributed by atoms with Gasteiger partial charge in [-0.3, -0.25) is 4.79 Å². The van der Waals surface area contributed by atoms with Crippen molar-refractivity contribution in [3.63, 3.8) is 0 Å². The zero-order valence-electron chi connectivity index (χ0n) is 11.5. The van der Waals surface area contributed by atoms with Crippen LogP contribution in [0.2, 0.25) is 0 Å². The molecule has 0 amide bonds. The number of aliphatic carboxylic acids is 1. The van der Waals surface area contributed by atoms with Crippen LogP contribution in [0.4, 0.5) is 8.78 Å². The van der Waals surface area contributed by atoms with Crippen LogP contribution in [0, 0.1) is 17.0 Å². The minimum atomic E-state index is -0.949. The van der Waals surface area contributed by atoms with Crippen molar-refractivity contribution in [1.29, 1.82) is 0 Å². The van der Waals surface area contributed by atoms with E-state index in [-0.39, 0.29) is 12.0 Å². The molecule has 2 nitrogen and oxygen atoms in total. The second kappa shape index (κ2) is 6.33. The highest BCUT2D eigenvalue weighted by molar-refractivity contribution is 5.75. The highest BCUT2D eigenvalue weighted by atomic mass is 19.1. The molecule has 1 aromatic rings. The van der Waals surface area contributed by atoms with E-state index in [0.29, 0.717) is 12.8 Å². The van der Waals surface area contributed by atoms with E-state index in [0.717, 1.165) is 50.3 Å². The predicted molar refractivity (Wildman–Crippen MR) is 72.4 cm³/mol. The van der Waals surface area contributed by atoms with Crippen LogP contribution in [0.1, 0.15) is 50.5 Å². The molecule has 1 aromatic carbocycles. The SMILES string of the molecule is O=C(O)C1(Cc2cc(F)ccc2F)CCCCCCC1. The van der Waals surface area contributed by atoms with Crippen LogP contribution < -0.4 is 0 Å². The molecule has 0 spiro atoms. The molecule has 0 saturated heterocycles. The number of rotatable bonds is 3. The Morgan fingerprint density at radius 2 is 1.70 bits per heavy atom. The summed E-state index contributed by atoms with van der Waals surface area (Å²) < 4.78 is 27.0. The molecular formula is C16H20F2O2. The van der Waals surface area contributed by atoms with Crippen molar-refractivity contribution in [2.75, 3.05) is 0 Å². The van der Waals surface area contributed by atoms with Crippen LogP contribution >= 0.6 is 0 Å². The fraction of sp³-hybridized carbons (Fsp3) is 0.562. The molecule has 0 bridgehead atoms. The van der Waals surface area contributed by atoms with E-state index < -0.39 is 23.0 Å². The number of carbonyl (C=O) groups is 1. The van der Waals surface area contributed by atoms with Crippen molar-refractivity contribution in [3.8, 4) is 0 Å². The number of benzene rings is 1. The molecule has 110 valence electrons. The van der Waals surface area contributed by atoms with E-state index in [1.807, 2.05) is 0 Å². The van der Waals surface area contributed by atoms with Crippen molar-refractivity contribution >= 4 is 5.97 Å². The summed E-state index contributed by atoms with van der Waals surface area (Å²) in [5.41, 5.74) is -0.775. The smallest absolute Gasteiger partial charge is 0.309 e. The van der Waals surface area contributed by atoms with Gasteiger partial charge in [0.05, 0.1) is 5.41 Å². The van der Waals surface area contributed by atoms with Gasteiger partial charge in [0.2, 0.25) is 0 Å². The van der Waals surface area contributed by atoms with Crippen LogP contribution in [0.5, 0.6) is 0 Å². The summed E-state index contributed by atoms with van der Waals surface area (Å²) in [5, 5.41) is 9.61. The van der Waals surface area contributed by atoms with Crippen LogP contribution in [0.25, 0.3) is 0 Å². The first-order chi connectivity index (χ1) is 9.53. The number of hydrogen-bond acceptors (Lipinski definition) is 1. The summed E-state index contributed by atoms with van der Waals surface area (Å²) in [4.78, 5) is 11.7. The van der Waals surface area contributed by atoms with Gasteiger partial charge in [0.15, 0.2) is 0 Å². The molecule has 1 fully saturated rings. The van der Waals surface area contributed by atoms with Crippen LogP contribution in [0.15, 0.2) is 18.2 Å². The molecule has 1 aliphatic rings. The number of hydrogen-bond donors (Lipinski definition) is 1. The van der Waals surface area contributed by atoms with Crippen LogP contribution in [-0.2, 0) is 11.2 Å². The van der Waals surface area contributed by atoms with E-state index >= 15 is 0 Å². The normalized spacial score (nSPS) is 19.1. The third-order valence-electron chi connectivity index (χ3n) is 4.30. The molecule has 0 unspecified atom stereocenters. The first kappa shape index (κ1) is 14.9. The molecular weight excluding hydrogens is 262 g/mol. The van der Waals surface area contributed by atoms with Gasteiger partial charge in [-0.15, -0.1) is 0 Å². The third kappa shape index (κ3) is 3.35. The third-order valence-corrected chi connectivity index (χ3v) is 4.30. The fourth-order valence-electron chi connectivity index (χ4n) is 3.09. The van der Waals surface area contributed by atoms with Crippen molar-refractivity contribution in [2.45, 2.75) is 51.4 Å². The van der Waals surface area contributed by atoms with Gasteiger partial charge >= 0.3 is 5.97 Å². The van der Waals surface area contributed by atoms with Crippen molar-refractivity contribution in [3.05, 3.63) is 35.4 Å². The average Bonchev–Trinajstić information content (AvgIpc) is 2.36. The maximum absolute atomic E-state index is 13.8. The largest absolute Gasteiger partial charge is 0.481 e. The summed E-state index contributed by atoms with van der Waals surface area (Å²) in [6, 6.07) is 3.26. The highest BCUT2D eigenvalue weighted by Gasteiger charge is 2.38. The van der Waals surface area contributed by atoms with Gasteiger partial charge in [-0.05, 0) is 43.0 Å². The summed E-state index contributed by atoms with van der Waals surface area (Å²) in [6.07, 6.45) is 5.99. The molecule has 20 heavy (non-hydrogen) atoms. The lowest BCUT2D eigenvalue weighted by Gasteiger charge is -2.31. The van der Waals surface area contributed by atoms with E-state index in [1.54, 1.807) is 0 Å². The first-order valence-corrected chi connectivity index (χ1v) is 7.21. The molecule has 0 aliphatic heterocycles. The average molecular weight is 282 g/mol. The maximum Gasteiger partial charge on any atom is 0.309 e. The molecule has 1 N–H and O–H groups in total. The van der Waals surface area contributed by atoms with Gasteiger partial charge in [0, 0.05) is 0 Å². The summed E-state index contributed by atoms with van der Waals surface area (Å²) in [5.74, 6) is -1.93. The lowest BCUT2D eigenvalue weighted by molar-refractivity contribution is -0.150. The second-order valence-corrected chi connectivity index (χ2v) is 5.77. The Labute approximate surface area is 117 Å². The van der Waals surface area contributed by atoms with Gasteiger partial charge in [0.1, 0.15) is 11.6 Å². The number of halogens is 2. The van der Waals surface area contributed by atoms with E-state index in [9.17, 15) is 18.7 Å². The molecule has 1 aliphatic carbocycles. The van der Waals surface area contributed by atoms with Gasteiger partial charge in [-0.1, -0.05) is 32.1 Å². The van der Waals surface area contributed by atoms with Crippen LogP contribution in [0.3, 0.4) is 0 Å². The Morgan fingerprint density at radius 3 is 2.30 bits per heavy atom. The summed E-state index contributed by atoms with van der Waals surface area (Å²) >= 11 is 0. The first-order valence-electron chi connectivity index (χ1n) is 7.21. The molecule has 0 aromatic heterocycles. The lowest BCUT2D eigenvalue weighted by atomic mass is 9.72. The number of carboxylic acid groups (broad SMARTS) is 1. The summed E-state index contributed by atoms with van der Waals surface area (Å²) in [6.45, 7) is 0. The lowest BCUT2D eigenvalue weighted by Crippen LogP contribution is -2.34. The Kier molecular flexibility index (Phi) is 4.73. The zero-order chi connectivity index (χ0) is 14.6. The van der Waals surface area contributed by atoms with E-state index in [2.05, 4.69) is 0 Å². The molecule has 2 rings (SSSR count). The van der Waals surface area contributed by atoms with Crippen LogP contribution in [-0.4, -0.2) is 11.1 Å². The predicted octanol–water partition coefficient (Wildman–Crippen LogP) is 4.32. The molecule has 0 heterocycles. The molecule has 1 saturated carbocycles. The Bertz CT molecular complexity index is 477. The van der Waals surface area contributed by atoms with Crippen molar-refractivity contribution in [1.82, 2.24) is 0 Å². The van der Waals surface area contributed by atoms with Gasteiger partial charge in [0.25, 0.3) is 0 Å². The molecule has 0 atom stereocenters. The monoisotopic (exact) mass is 282 g/mol. The van der Waals surface area contributed by atoms with E-state index in [1.165, 1.54) is 0 Å². The molecule has 4 heteroatoms. The summed E-state index contributed by atoms with van der Waals surface area (Å²) in [7, 11) is 0. The number of carboxylic acids is 1. The topological polar surface area (TPSA) is 37.3 Å². The highest BCUT2D eigenvalue weighted by Crippen LogP contribution is 2.38. The van der Waals surface area contributed by atoms with Crippen molar-refractivity contribution in [2.24, 2.45) is 5.41 Å². The maximum atomic E-state index is 13.8. The van der Waals surface area contributed by atoms with Gasteiger partial charge in [-0.2, -0.15) is 0 Å². The Morgan fingerprint density at radius 1 is 1.10 bits per heavy atom. The van der Waals surface area contributed by atoms with Crippen molar-refractivity contribution < 1.29 is 18.7 Å². The van der Waals surface area contributed by atoms with Gasteiger partial charge in [-0.25, -0.2) is 8.78 Å². The molecule has 0 radical (unpaired) electrons. The fourth-order valence-corrected chi connectivity index (χ4v) is 3.09. The zero-order valence-corrected chi connectivity index (χ0v) is 11.5. The minimum absolute atomic E-state index is 0.0753. The van der Waals surface area contributed by atoms with E-state index in [4.69, 9.17) is 0 Å². The Balaban J connectivity index is 2.27. The Hall–Kier alpha value is -1.45. The minimum Gasteiger partial charge on any atom is -0.481 e. The standard InChI is InChI=1S/C16H20F2O2/c17-13-6-7-14(18)12(10-13)11-16(15(19)20)8-4-2-1-3-5-9-16/h6-7,10H,1-5,8-9,11H2,(H,19,20). The van der Waals surface area contributed by atoms with Gasteiger partial charge < -0.3 is 5.11 Å². The quantitative estimate of drug-likeness (QED) is 0.896.